The topological polar surface area (TPSA) is 159 Å². The minimum absolute atomic E-state index is 0. The van der Waals surface area contributed by atoms with Gasteiger partial charge in [-0.05, 0) is 0 Å². The van der Waals surface area contributed by atoms with Crippen molar-refractivity contribution in [2.24, 2.45) is 14.1 Å². The summed E-state index contributed by atoms with van der Waals surface area (Å²) in [5, 5.41) is 24.8. The fraction of sp³-hybridized carbons (Fsp3) is 0.357. The Kier molecular flexibility index (Phi) is 15.5. The molecule has 0 amide bonds. The largest absolute Gasteiger partial charge is 1.00 e. The third kappa shape index (κ3) is 8.78. The molecule has 26 heavy (non-hydrogen) atoms. The van der Waals surface area contributed by atoms with Crippen molar-refractivity contribution in [3.05, 3.63) is 41.3 Å². The minimum Gasteiger partial charge on any atom is -0.400 e. The van der Waals surface area contributed by atoms with Crippen LogP contribution in [-0.2, 0) is 14.1 Å². The molecule has 0 aliphatic rings. The van der Waals surface area contributed by atoms with Crippen LogP contribution < -0.4 is 57.1 Å². The second-order valence-electron chi connectivity index (χ2n) is 4.51. The normalized spacial score (nSPS) is 8.54. The second-order valence-corrected chi connectivity index (χ2v) is 4.51. The summed E-state index contributed by atoms with van der Waals surface area (Å²) in [6.07, 6.45) is 2.81. The number of nitrogens with two attached hydrogens (primary N) is 1. The van der Waals surface area contributed by atoms with Crippen molar-refractivity contribution in [1.82, 2.24) is 19.6 Å². The van der Waals surface area contributed by atoms with E-state index >= 15 is 0 Å². The molecule has 0 spiro atoms. The molecule has 0 aromatic carbocycles. The molecule has 0 saturated heterocycles. The number of nitrogens with zero attached hydrogens (tertiary/aromatic N) is 5. The Bertz CT molecular complexity index is 709. The molecular weight excluding hydrogens is 371 g/mol. The third-order valence-electron chi connectivity index (χ3n) is 2.53. The van der Waals surface area contributed by atoms with Gasteiger partial charge >= 0.3 is 57.1 Å². The fourth-order valence-corrected chi connectivity index (χ4v) is 1.64. The molecule has 0 radical (unpaired) electrons. The molecule has 2 aromatic rings. The number of hydrogen-bond donors (Lipinski definition) is 2. The van der Waals surface area contributed by atoms with Gasteiger partial charge in [-0.3, -0.25) is 29.1 Å². The van der Waals surface area contributed by atoms with E-state index in [9.17, 15) is 19.7 Å². The fourth-order valence-electron chi connectivity index (χ4n) is 1.64. The van der Waals surface area contributed by atoms with Gasteiger partial charge in [0.25, 0.3) is 0 Å². The predicted molar refractivity (Wildman–Crippen MR) is 92.0 cm³/mol. The molecule has 11 nitrogen and oxygen atoms in total. The van der Waals surface area contributed by atoms with Crippen molar-refractivity contribution in [3.63, 3.8) is 0 Å². The van der Waals surface area contributed by atoms with Gasteiger partial charge in [0.05, 0.1) is 10.6 Å². The van der Waals surface area contributed by atoms with Crippen molar-refractivity contribution in [2.75, 3.05) is 12.8 Å². The zero-order valence-electron chi connectivity index (χ0n) is 16.0. The van der Waals surface area contributed by atoms with Crippen LogP contribution in [0.3, 0.4) is 0 Å². The van der Waals surface area contributed by atoms with Crippen LogP contribution in [0, 0.1) is 17.5 Å². The molecule has 2 rings (SSSR count). The third-order valence-corrected chi connectivity index (χ3v) is 2.53. The van der Waals surface area contributed by atoms with Gasteiger partial charge in [-0.15, -0.1) is 0 Å². The summed E-state index contributed by atoms with van der Waals surface area (Å²) >= 11 is 0. The van der Waals surface area contributed by atoms with Crippen LogP contribution in [0.2, 0.25) is 0 Å². The van der Waals surface area contributed by atoms with Gasteiger partial charge in [0.15, 0.2) is 17.3 Å². The maximum atomic E-state index is 10.8. The summed E-state index contributed by atoms with van der Waals surface area (Å²) in [7, 11) is 4.25. The van der Waals surface area contributed by atoms with Gasteiger partial charge < -0.3 is 18.3 Å². The molecule has 2 aromatic heterocycles. The summed E-state index contributed by atoms with van der Waals surface area (Å²) in [5.74, 6) is -0.500. The molecule has 0 atom stereocenters. The van der Waals surface area contributed by atoms with Gasteiger partial charge in [0.1, 0.15) is 6.20 Å². The van der Waals surface area contributed by atoms with Gasteiger partial charge in [0, 0.05) is 41.2 Å². The Balaban J connectivity index is -0.000000350. The van der Waals surface area contributed by atoms with Gasteiger partial charge in [0.2, 0.25) is 5.69 Å². The standard InChI is InChI=1S/C6H7N3O3.C6H9N3O.CH4O.CH3.K/c1-4(10)6-5(9(11)12)3-8(2)7-6;1-4(10)6-5(7)3-9(2)8-6;1-2;;/h3H,1-2H3;3H,7H2,1-2H3;2H,1H3;1H3;/q;;;-1;+1. The van der Waals surface area contributed by atoms with Gasteiger partial charge in [-0.2, -0.15) is 10.2 Å². The molecule has 0 fully saturated rings. The number of hydrogen-bond acceptors (Lipinski definition) is 8. The quantitative estimate of drug-likeness (QED) is 0.195. The molecule has 0 bridgehead atoms. The van der Waals surface area contributed by atoms with Crippen LogP contribution >= 0.6 is 0 Å². The minimum atomic E-state index is -0.621. The van der Waals surface area contributed by atoms with Crippen LogP contribution in [0.4, 0.5) is 11.4 Å². The maximum absolute atomic E-state index is 10.8. The van der Waals surface area contributed by atoms with E-state index in [0.717, 1.165) is 7.11 Å². The summed E-state index contributed by atoms with van der Waals surface area (Å²) in [4.78, 5) is 31.2. The van der Waals surface area contributed by atoms with Crippen molar-refractivity contribution in [3.8, 4) is 0 Å². The Morgan fingerprint density at radius 2 is 1.46 bits per heavy atom. The van der Waals surface area contributed by atoms with Crippen LogP contribution in [0.25, 0.3) is 0 Å². The van der Waals surface area contributed by atoms with E-state index < -0.39 is 10.7 Å². The Morgan fingerprint density at radius 3 is 1.69 bits per heavy atom. The number of carbonyl (C=O) groups is 2. The zero-order valence-corrected chi connectivity index (χ0v) is 19.2. The zero-order chi connectivity index (χ0) is 19.0. The van der Waals surface area contributed by atoms with E-state index in [2.05, 4.69) is 10.2 Å². The number of nitrogen functional groups attached to an aromatic ring is 1. The SMILES string of the molecule is CC(=O)c1nn(C)cc1N.CC(=O)c1nn(C)cc1[N+](=O)[O-].CO.[CH3-].[K+]. The number of rotatable bonds is 3. The second kappa shape index (κ2) is 13.7. The number of nitro groups is 1. The number of aliphatic hydroxyl groups excluding tert-OH is 1. The van der Waals surface area contributed by atoms with Crippen molar-refractivity contribution >= 4 is 22.9 Å². The average Bonchev–Trinajstić information content (AvgIpc) is 3.04. The number of aliphatic hydroxyl groups is 1. The number of aromatic nitrogens is 4. The van der Waals surface area contributed by atoms with E-state index in [4.69, 9.17) is 10.8 Å². The molecule has 0 unspecified atom stereocenters. The predicted octanol–water partition coefficient (Wildman–Crippen LogP) is -2.20. The number of anilines is 1. The first-order valence-corrected chi connectivity index (χ1v) is 6.57. The summed E-state index contributed by atoms with van der Waals surface area (Å²) in [6.45, 7) is 2.69. The van der Waals surface area contributed by atoms with Gasteiger partial charge in [-0.25, -0.2) is 0 Å². The molecule has 140 valence electrons. The molecule has 12 heteroatoms. The molecular formula is C14H23KN6O5. The molecule has 0 aliphatic carbocycles. The van der Waals surface area contributed by atoms with E-state index in [0.29, 0.717) is 11.4 Å². The van der Waals surface area contributed by atoms with Crippen LogP contribution in [0.15, 0.2) is 12.4 Å². The first-order chi connectivity index (χ1) is 11.1. The van der Waals surface area contributed by atoms with Crippen molar-refractivity contribution in [2.45, 2.75) is 13.8 Å². The van der Waals surface area contributed by atoms with Crippen LogP contribution in [-0.4, -0.2) is 48.3 Å². The first-order valence-electron chi connectivity index (χ1n) is 6.57. The molecule has 0 saturated carbocycles. The Hall–Kier alpha value is -1.44. The number of aryl methyl sites for hydroxylation is 2. The monoisotopic (exact) mass is 394 g/mol. The summed E-state index contributed by atoms with van der Waals surface area (Å²) < 4.78 is 2.76. The number of carbonyl (C=O) groups excluding carboxylic acids is 2. The maximum Gasteiger partial charge on any atom is 1.00 e. The van der Waals surface area contributed by atoms with E-state index in [-0.39, 0.29) is 76.0 Å². The molecule has 0 aliphatic heterocycles. The summed E-state index contributed by atoms with van der Waals surface area (Å²) in [6, 6.07) is 0. The van der Waals surface area contributed by atoms with E-state index in [1.54, 1.807) is 13.2 Å². The smallest absolute Gasteiger partial charge is 0.400 e. The van der Waals surface area contributed by atoms with Crippen LogP contribution in [0.1, 0.15) is 34.8 Å². The number of ketones is 2. The van der Waals surface area contributed by atoms with E-state index in [1.807, 2.05) is 0 Å². The average molecular weight is 394 g/mol. The van der Waals surface area contributed by atoms with Crippen molar-refractivity contribution < 1.29 is 71.0 Å². The summed E-state index contributed by atoms with van der Waals surface area (Å²) in [5.41, 5.74) is 5.89. The Labute approximate surface area is 194 Å². The molecule has 2 heterocycles. The Morgan fingerprint density at radius 1 is 1.08 bits per heavy atom. The van der Waals surface area contributed by atoms with Gasteiger partial charge in [-0.1, -0.05) is 0 Å². The number of Topliss-reactive ketones (excluding diaryl/α,β-unsaturated/α-hetero) is 2. The van der Waals surface area contributed by atoms with E-state index in [1.165, 1.54) is 36.5 Å². The molecule has 3 N–H and O–H groups in total. The first kappa shape index (κ1) is 29.3. The van der Waals surface area contributed by atoms with Crippen molar-refractivity contribution in [1.29, 1.82) is 0 Å². The van der Waals surface area contributed by atoms with Crippen LogP contribution in [0.5, 0.6) is 0 Å².